The number of halogens is 1. The maximum atomic E-state index is 15.5. The standard InChI is InChI=1S/C23H25FN8O2/c1-33-15-11-17(22(24)18(12-15)34-2)32(14-19-26-5-6-27-19)20-4-3-16-23(29-20)30-21(13-28-16)31-9-7-25-8-10-31/h3-6,11-13,25H,7-10,14H2,1-2H3,(H,26,27). The van der Waals surface area contributed by atoms with Crippen molar-refractivity contribution in [2.45, 2.75) is 6.54 Å². The number of benzene rings is 1. The van der Waals surface area contributed by atoms with E-state index in [0.717, 1.165) is 32.0 Å². The molecule has 4 aromatic rings. The second kappa shape index (κ2) is 9.48. The molecular weight excluding hydrogens is 439 g/mol. The molecule has 2 N–H and O–H groups in total. The molecule has 11 heteroatoms. The van der Waals surface area contributed by atoms with E-state index in [0.29, 0.717) is 28.6 Å². The van der Waals surface area contributed by atoms with Crippen molar-refractivity contribution in [1.29, 1.82) is 0 Å². The highest BCUT2D eigenvalue weighted by molar-refractivity contribution is 5.76. The van der Waals surface area contributed by atoms with E-state index in [-0.39, 0.29) is 18.0 Å². The number of H-pyrrole nitrogens is 1. The smallest absolute Gasteiger partial charge is 0.188 e. The van der Waals surface area contributed by atoms with E-state index in [1.165, 1.54) is 20.3 Å². The maximum absolute atomic E-state index is 15.5. The van der Waals surface area contributed by atoms with Gasteiger partial charge in [-0.25, -0.2) is 24.3 Å². The second-order valence-corrected chi connectivity index (χ2v) is 7.76. The molecule has 0 aliphatic carbocycles. The Hall–Kier alpha value is -3.99. The highest BCUT2D eigenvalue weighted by atomic mass is 19.1. The number of imidazole rings is 1. The number of fused-ring (bicyclic) bond motifs is 1. The van der Waals surface area contributed by atoms with Crippen molar-refractivity contribution >= 4 is 28.5 Å². The zero-order valence-corrected chi connectivity index (χ0v) is 19.0. The van der Waals surface area contributed by atoms with E-state index in [1.54, 1.807) is 35.6 Å². The Morgan fingerprint density at radius 2 is 1.94 bits per heavy atom. The fourth-order valence-corrected chi connectivity index (χ4v) is 3.92. The van der Waals surface area contributed by atoms with E-state index < -0.39 is 5.82 Å². The fourth-order valence-electron chi connectivity index (χ4n) is 3.92. The summed E-state index contributed by atoms with van der Waals surface area (Å²) in [4.78, 5) is 25.3. The summed E-state index contributed by atoms with van der Waals surface area (Å²) in [6, 6.07) is 6.73. The van der Waals surface area contributed by atoms with Crippen LogP contribution in [0, 0.1) is 5.82 Å². The largest absolute Gasteiger partial charge is 0.497 e. The highest BCUT2D eigenvalue weighted by Crippen LogP contribution is 2.37. The van der Waals surface area contributed by atoms with Crippen LogP contribution in [0.25, 0.3) is 11.2 Å². The predicted molar refractivity (Wildman–Crippen MR) is 126 cm³/mol. The molecule has 0 radical (unpaired) electrons. The zero-order valence-electron chi connectivity index (χ0n) is 19.0. The summed E-state index contributed by atoms with van der Waals surface area (Å²) in [5.74, 6) is 1.90. The van der Waals surface area contributed by atoms with E-state index >= 15 is 4.39 Å². The van der Waals surface area contributed by atoms with Gasteiger partial charge < -0.3 is 29.6 Å². The number of aromatic nitrogens is 5. The Labute approximate surface area is 195 Å². The summed E-state index contributed by atoms with van der Waals surface area (Å²) >= 11 is 0. The van der Waals surface area contributed by atoms with Gasteiger partial charge >= 0.3 is 0 Å². The molecule has 1 saturated heterocycles. The van der Waals surface area contributed by atoms with Crippen molar-refractivity contribution in [2.75, 3.05) is 50.2 Å². The van der Waals surface area contributed by atoms with Gasteiger partial charge in [0, 0.05) is 50.7 Å². The van der Waals surface area contributed by atoms with Gasteiger partial charge in [0.1, 0.15) is 28.7 Å². The van der Waals surface area contributed by atoms with Crippen LogP contribution in [0.5, 0.6) is 11.5 Å². The number of ether oxygens (including phenoxy) is 2. The van der Waals surface area contributed by atoms with Crippen molar-refractivity contribution < 1.29 is 13.9 Å². The van der Waals surface area contributed by atoms with Gasteiger partial charge in [0.05, 0.1) is 32.6 Å². The van der Waals surface area contributed by atoms with Gasteiger partial charge in [-0.1, -0.05) is 0 Å². The molecule has 5 rings (SSSR count). The van der Waals surface area contributed by atoms with Crippen LogP contribution in [0.1, 0.15) is 5.82 Å². The van der Waals surface area contributed by atoms with Crippen LogP contribution in [0.3, 0.4) is 0 Å². The van der Waals surface area contributed by atoms with Crippen molar-refractivity contribution in [3.63, 3.8) is 0 Å². The number of anilines is 3. The summed E-state index contributed by atoms with van der Waals surface area (Å²) in [7, 11) is 2.94. The molecule has 3 aromatic heterocycles. The summed E-state index contributed by atoms with van der Waals surface area (Å²) in [5.41, 5.74) is 1.38. The molecule has 34 heavy (non-hydrogen) atoms. The Morgan fingerprint density at radius 1 is 1.09 bits per heavy atom. The fraction of sp³-hybridized carbons (Fsp3) is 0.304. The average Bonchev–Trinajstić information content (AvgIpc) is 3.41. The quantitative estimate of drug-likeness (QED) is 0.427. The Bertz CT molecular complexity index is 1280. The monoisotopic (exact) mass is 464 g/mol. The number of piperazine rings is 1. The topological polar surface area (TPSA) is 104 Å². The number of nitrogens with one attached hydrogen (secondary N) is 2. The average molecular weight is 465 g/mol. The van der Waals surface area contributed by atoms with Crippen LogP contribution in [0.15, 0.2) is 42.9 Å². The van der Waals surface area contributed by atoms with E-state index in [9.17, 15) is 0 Å². The first-order chi connectivity index (χ1) is 16.7. The third-order valence-electron chi connectivity index (χ3n) is 5.70. The molecule has 4 heterocycles. The molecule has 0 amide bonds. The van der Waals surface area contributed by atoms with E-state index in [1.807, 2.05) is 6.07 Å². The van der Waals surface area contributed by atoms with Crippen molar-refractivity contribution in [1.82, 2.24) is 30.2 Å². The third kappa shape index (κ3) is 4.29. The third-order valence-corrected chi connectivity index (χ3v) is 5.70. The predicted octanol–water partition coefficient (Wildman–Crippen LogP) is 2.65. The van der Waals surface area contributed by atoms with Crippen LogP contribution in [0.2, 0.25) is 0 Å². The molecule has 1 aliphatic heterocycles. The van der Waals surface area contributed by atoms with Gasteiger partial charge in [-0.3, -0.25) is 0 Å². The molecular formula is C23H25FN8O2. The second-order valence-electron chi connectivity index (χ2n) is 7.76. The van der Waals surface area contributed by atoms with Gasteiger partial charge in [0.2, 0.25) is 0 Å². The van der Waals surface area contributed by atoms with Crippen LogP contribution in [0.4, 0.5) is 21.7 Å². The summed E-state index contributed by atoms with van der Waals surface area (Å²) < 4.78 is 26.1. The lowest BCUT2D eigenvalue weighted by atomic mass is 10.2. The molecule has 0 bridgehead atoms. The molecule has 0 unspecified atom stereocenters. The molecule has 0 atom stereocenters. The molecule has 10 nitrogen and oxygen atoms in total. The van der Waals surface area contributed by atoms with Crippen LogP contribution >= 0.6 is 0 Å². The maximum Gasteiger partial charge on any atom is 0.188 e. The van der Waals surface area contributed by atoms with Crippen LogP contribution < -0.4 is 24.6 Å². The van der Waals surface area contributed by atoms with E-state index in [4.69, 9.17) is 19.4 Å². The van der Waals surface area contributed by atoms with Crippen molar-refractivity contribution in [3.05, 3.63) is 54.5 Å². The molecule has 1 fully saturated rings. The zero-order chi connectivity index (χ0) is 23.5. The SMILES string of the molecule is COc1cc(OC)c(F)c(N(Cc2ncc[nH]2)c2ccc3ncc(N4CCNCC4)nc3n2)c1. The number of aromatic amines is 1. The Morgan fingerprint density at radius 3 is 2.68 bits per heavy atom. The van der Waals surface area contributed by atoms with E-state index in [2.05, 4.69) is 25.2 Å². The number of nitrogens with zero attached hydrogens (tertiary/aromatic N) is 6. The molecule has 176 valence electrons. The summed E-state index contributed by atoms with van der Waals surface area (Å²) in [5, 5.41) is 3.33. The van der Waals surface area contributed by atoms with Gasteiger partial charge in [-0.05, 0) is 12.1 Å². The van der Waals surface area contributed by atoms with Gasteiger partial charge in [-0.15, -0.1) is 0 Å². The molecule has 1 aliphatic rings. The normalized spacial score (nSPS) is 13.8. The number of rotatable bonds is 7. The van der Waals surface area contributed by atoms with Crippen molar-refractivity contribution in [3.8, 4) is 11.5 Å². The minimum atomic E-state index is -0.530. The molecule has 0 saturated carbocycles. The lowest BCUT2D eigenvalue weighted by Gasteiger charge is -2.28. The number of hydrogen-bond acceptors (Lipinski definition) is 9. The number of hydrogen-bond donors (Lipinski definition) is 2. The Kier molecular flexibility index (Phi) is 6.09. The Balaban J connectivity index is 1.60. The van der Waals surface area contributed by atoms with Crippen molar-refractivity contribution in [2.24, 2.45) is 0 Å². The van der Waals surface area contributed by atoms with Crippen LogP contribution in [-0.4, -0.2) is 65.3 Å². The molecule has 1 aromatic carbocycles. The summed E-state index contributed by atoms with van der Waals surface area (Å²) in [6.45, 7) is 3.71. The van der Waals surface area contributed by atoms with Gasteiger partial charge in [-0.2, -0.15) is 0 Å². The lowest BCUT2D eigenvalue weighted by Crippen LogP contribution is -2.43. The minimum Gasteiger partial charge on any atom is -0.497 e. The molecule has 0 spiro atoms. The minimum absolute atomic E-state index is 0.0698. The van der Waals surface area contributed by atoms with Gasteiger partial charge in [0.15, 0.2) is 17.2 Å². The lowest BCUT2D eigenvalue weighted by molar-refractivity contribution is 0.374. The van der Waals surface area contributed by atoms with Gasteiger partial charge in [0.25, 0.3) is 0 Å². The highest BCUT2D eigenvalue weighted by Gasteiger charge is 2.22. The first-order valence-corrected chi connectivity index (χ1v) is 10.9. The van der Waals surface area contributed by atoms with Crippen LogP contribution in [-0.2, 0) is 6.54 Å². The number of methoxy groups -OCH3 is 2. The summed E-state index contributed by atoms with van der Waals surface area (Å²) in [6.07, 6.45) is 5.13. The number of pyridine rings is 1. The first kappa shape index (κ1) is 21.8. The first-order valence-electron chi connectivity index (χ1n) is 10.9.